The van der Waals surface area contributed by atoms with E-state index < -0.39 is 0 Å². The van der Waals surface area contributed by atoms with Crippen molar-refractivity contribution in [1.29, 1.82) is 0 Å². The Morgan fingerprint density at radius 3 is 2.67 bits per heavy atom. The zero-order valence-electron chi connectivity index (χ0n) is 12.4. The van der Waals surface area contributed by atoms with Crippen molar-refractivity contribution in [3.05, 3.63) is 59.2 Å². The van der Waals surface area contributed by atoms with Gasteiger partial charge >= 0.3 is 0 Å². The van der Waals surface area contributed by atoms with Crippen LogP contribution in [0.3, 0.4) is 0 Å². The number of furan rings is 1. The van der Waals surface area contributed by atoms with Crippen molar-refractivity contribution in [3.63, 3.8) is 0 Å². The minimum atomic E-state index is -0.000923. The summed E-state index contributed by atoms with van der Waals surface area (Å²) < 4.78 is 5.54. The first-order valence-corrected chi connectivity index (χ1v) is 6.94. The molecule has 108 valence electrons. The highest BCUT2D eigenvalue weighted by Gasteiger charge is 2.20. The van der Waals surface area contributed by atoms with E-state index in [-0.39, 0.29) is 5.91 Å². The molecule has 21 heavy (non-hydrogen) atoms. The van der Waals surface area contributed by atoms with Crippen LogP contribution >= 0.6 is 0 Å². The molecule has 1 aromatic carbocycles. The van der Waals surface area contributed by atoms with Gasteiger partial charge in [-0.25, -0.2) is 0 Å². The number of aromatic nitrogens is 1. The zero-order chi connectivity index (χ0) is 15.0. The zero-order valence-corrected chi connectivity index (χ0v) is 12.4. The van der Waals surface area contributed by atoms with E-state index in [1.807, 2.05) is 50.2 Å². The summed E-state index contributed by atoms with van der Waals surface area (Å²) in [6.07, 6.45) is 0. The average Bonchev–Trinajstić information content (AvgIpc) is 3.00. The number of amides is 1. The fourth-order valence-corrected chi connectivity index (χ4v) is 2.62. The second-order valence-corrected chi connectivity index (χ2v) is 5.34. The van der Waals surface area contributed by atoms with E-state index in [1.54, 1.807) is 11.9 Å². The quantitative estimate of drug-likeness (QED) is 0.797. The van der Waals surface area contributed by atoms with Gasteiger partial charge in [0.15, 0.2) is 0 Å². The maximum absolute atomic E-state index is 12.7. The van der Waals surface area contributed by atoms with Gasteiger partial charge in [0.1, 0.15) is 11.5 Å². The summed E-state index contributed by atoms with van der Waals surface area (Å²) >= 11 is 0. The molecular formula is C17H18N2O2. The Bertz CT molecular complexity index is 798. The smallest absolute Gasteiger partial charge is 0.256 e. The SMILES string of the molecule is Cc1ccc(CN(C)C(=O)c2c(C)[nH]c3ccccc23)o1. The second kappa shape index (κ2) is 5.13. The van der Waals surface area contributed by atoms with Crippen LogP contribution in [-0.2, 0) is 6.54 Å². The maximum Gasteiger partial charge on any atom is 0.256 e. The molecule has 0 spiro atoms. The molecule has 0 unspecified atom stereocenters. The Morgan fingerprint density at radius 2 is 1.95 bits per heavy atom. The van der Waals surface area contributed by atoms with Crippen molar-refractivity contribution in [1.82, 2.24) is 9.88 Å². The number of carbonyl (C=O) groups excluding carboxylic acids is 1. The fraction of sp³-hybridized carbons (Fsp3) is 0.235. The number of para-hydroxylation sites is 1. The van der Waals surface area contributed by atoms with Crippen LogP contribution in [-0.4, -0.2) is 22.8 Å². The lowest BCUT2D eigenvalue weighted by atomic mass is 10.1. The van der Waals surface area contributed by atoms with Gasteiger partial charge < -0.3 is 14.3 Å². The van der Waals surface area contributed by atoms with Crippen molar-refractivity contribution >= 4 is 16.8 Å². The predicted octanol–water partition coefficient (Wildman–Crippen LogP) is 3.65. The molecule has 4 heteroatoms. The van der Waals surface area contributed by atoms with Gasteiger partial charge in [0.2, 0.25) is 0 Å². The number of hydrogen-bond donors (Lipinski definition) is 1. The van der Waals surface area contributed by atoms with Gasteiger partial charge in [0, 0.05) is 23.6 Å². The molecule has 0 saturated heterocycles. The Balaban J connectivity index is 1.91. The standard InChI is InChI=1S/C17H18N2O2/c1-11-8-9-13(21-11)10-19(3)17(20)16-12(2)18-15-7-5-4-6-14(15)16/h4-9,18H,10H2,1-3H3. The first kappa shape index (κ1) is 13.5. The molecule has 1 amide bonds. The van der Waals surface area contributed by atoms with Crippen LogP contribution in [0.25, 0.3) is 10.9 Å². The second-order valence-electron chi connectivity index (χ2n) is 5.34. The van der Waals surface area contributed by atoms with Gasteiger partial charge in [-0.15, -0.1) is 0 Å². The van der Waals surface area contributed by atoms with Crippen LogP contribution in [0.5, 0.6) is 0 Å². The van der Waals surface area contributed by atoms with Crippen LogP contribution in [0.4, 0.5) is 0 Å². The third-order valence-electron chi connectivity index (χ3n) is 3.64. The van der Waals surface area contributed by atoms with Crippen molar-refractivity contribution in [2.75, 3.05) is 7.05 Å². The van der Waals surface area contributed by atoms with E-state index in [0.29, 0.717) is 6.54 Å². The summed E-state index contributed by atoms with van der Waals surface area (Å²) in [5, 5.41) is 0.961. The first-order valence-electron chi connectivity index (χ1n) is 6.94. The molecule has 0 saturated carbocycles. The Kier molecular flexibility index (Phi) is 3.29. The van der Waals surface area contributed by atoms with Gasteiger partial charge in [-0.05, 0) is 32.0 Å². The predicted molar refractivity (Wildman–Crippen MR) is 82.3 cm³/mol. The number of aryl methyl sites for hydroxylation is 2. The summed E-state index contributed by atoms with van der Waals surface area (Å²) in [5.41, 5.74) is 2.61. The Hall–Kier alpha value is -2.49. The molecular weight excluding hydrogens is 264 g/mol. The largest absolute Gasteiger partial charge is 0.464 e. The number of aromatic amines is 1. The first-order chi connectivity index (χ1) is 10.1. The van der Waals surface area contributed by atoms with E-state index in [1.165, 1.54) is 0 Å². The number of fused-ring (bicyclic) bond motifs is 1. The molecule has 4 nitrogen and oxygen atoms in total. The average molecular weight is 282 g/mol. The molecule has 0 radical (unpaired) electrons. The van der Waals surface area contributed by atoms with E-state index in [2.05, 4.69) is 4.98 Å². The molecule has 1 N–H and O–H groups in total. The highest BCUT2D eigenvalue weighted by atomic mass is 16.3. The number of nitrogens with zero attached hydrogens (tertiary/aromatic N) is 1. The topological polar surface area (TPSA) is 49.2 Å². The molecule has 2 aromatic heterocycles. The van der Waals surface area contributed by atoms with Gasteiger partial charge in [-0.3, -0.25) is 4.79 Å². The summed E-state index contributed by atoms with van der Waals surface area (Å²) in [6.45, 7) is 4.29. The molecule has 0 bridgehead atoms. The third kappa shape index (κ3) is 2.44. The van der Waals surface area contributed by atoms with Gasteiger partial charge in [-0.1, -0.05) is 18.2 Å². The number of rotatable bonds is 3. The highest BCUT2D eigenvalue weighted by molar-refractivity contribution is 6.07. The number of carbonyl (C=O) groups is 1. The molecule has 3 aromatic rings. The Morgan fingerprint density at radius 1 is 1.19 bits per heavy atom. The van der Waals surface area contributed by atoms with E-state index in [0.717, 1.165) is 33.7 Å². The lowest BCUT2D eigenvalue weighted by Crippen LogP contribution is -2.26. The number of hydrogen-bond acceptors (Lipinski definition) is 2. The summed E-state index contributed by atoms with van der Waals surface area (Å²) in [4.78, 5) is 17.7. The molecule has 0 aliphatic rings. The lowest BCUT2D eigenvalue weighted by molar-refractivity contribution is 0.0776. The van der Waals surface area contributed by atoms with Gasteiger partial charge in [0.25, 0.3) is 5.91 Å². The van der Waals surface area contributed by atoms with Crippen LogP contribution in [0, 0.1) is 13.8 Å². The summed E-state index contributed by atoms with van der Waals surface area (Å²) in [5.74, 6) is 1.65. The van der Waals surface area contributed by atoms with Crippen molar-refractivity contribution in [3.8, 4) is 0 Å². The molecule has 0 fully saturated rings. The number of benzene rings is 1. The molecule has 0 aliphatic heterocycles. The molecule has 0 atom stereocenters. The van der Waals surface area contributed by atoms with Crippen LogP contribution in [0.1, 0.15) is 27.6 Å². The highest BCUT2D eigenvalue weighted by Crippen LogP contribution is 2.23. The van der Waals surface area contributed by atoms with Crippen molar-refractivity contribution in [2.24, 2.45) is 0 Å². The van der Waals surface area contributed by atoms with E-state index in [9.17, 15) is 4.79 Å². The maximum atomic E-state index is 12.7. The summed E-state index contributed by atoms with van der Waals surface area (Å²) in [6, 6.07) is 11.7. The van der Waals surface area contributed by atoms with Gasteiger partial charge in [0.05, 0.1) is 12.1 Å². The van der Waals surface area contributed by atoms with Crippen molar-refractivity contribution in [2.45, 2.75) is 20.4 Å². The number of nitrogens with one attached hydrogen (secondary N) is 1. The summed E-state index contributed by atoms with van der Waals surface area (Å²) in [7, 11) is 1.79. The third-order valence-corrected chi connectivity index (χ3v) is 3.64. The van der Waals surface area contributed by atoms with E-state index in [4.69, 9.17) is 4.42 Å². The van der Waals surface area contributed by atoms with E-state index >= 15 is 0 Å². The normalized spacial score (nSPS) is 11.0. The lowest BCUT2D eigenvalue weighted by Gasteiger charge is -2.16. The van der Waals surface area contributed by atoms with Crippen LogP contribution < -0.4 is 0 Å². The number of H-pyrrole nitrogens is 1. The molecule has 3 rings (SSSR count). The van der Waals surface area contributed by atoms with Crippen LogP contribution in [0.15, 0.2) is 40.8 Å². The minimum Gasteiger partial charge on any atom is -0.464 e. The van der Waals surface area contributed by atoms with Crippen molar-refractivity contribution < 1.29 is 9.21 Å². The van der Waals surface area contributed by atoms with Gasteiger partial charge in [-0.2, -0.15) is 0 Å². The Labute approximate surface area is 123 Å². The molecule has 0 aliphatic carbocycles. The van der Waals surface area contributed by atoms with Crippen LogP contribution in [0.2, 0.25) is 0 Å². The molecule has 2 heterocycles. The monoisotopic (exact) mass is 282 g/mol. The fourth-order valence-electron chi connectivity index (χ4n) is 2.62. The minimum absolute atomic E-state index is 0.000923.